The number of hydrogen-bond donors (Lipinski definition) is 1. The van der Waals surface area contributed by atoms with E-state index in [1.807, 2.05) is 0 Å². The van der Waals surface area contributed by atoms with E-state index in [0.29, 0.717) is 17.1 Å². The average Bonchev–Trinajstić information content (AvgIpc) is 3.12. The first-order valence-electron chi connectivity index (χ1n) is 8.48. The van der Waals surface area contributed by atoms with Crippen LogP contribution in [-0.4, -0.2) is 29.9 Å². The first kappa shape index (κ1) is 19.2. The Morgan fingerprint density at radius 2 is 2.14 bits per heavy atom. The number of rotatable bonds is 5. The molecule has 0 saturated heterocycles. The van der Waals surface area contributed by atoms with Crippen molar-refractivity contribution in [1.29, 1.82) is 0 Å². The molecule has 28 heavy (non-hydrogen) atoms. The van der Waals surface area contributed by atoms with Gasteiger partial charge in [-0.1, -0.05) is 6.08 Å². The standard InChI is InChI=1S/C19H19N3O6/c1-4-9-21-13-10-12(5-6-14(13)27-11-19(2,3)18(21)24)20-17(23)15-7-8-16(28-15)22(25)26/h4-8,10H,1,9,11H2,2-3H3,(H,20,23). The van der Waals surface area contributed by atoms with Gasteiger partial charge in [-0.3, -0.25) is 19.7 Å². The topological polar surface area (TPSA) is 115 Å². The van der Waals surface area contributed by atoms with Crippen molar-refractivity contribution in [3.8, 4) is 5.75 Å². The average molecular weight is 385 g/mol. The highest BCUT2D eigenvalue weighted by Crippen LogP contribution is 2.38. The highest BCUT2D eigenvalue weighted by atomic mass is 16.6. The van der Waals surface area contributed by atoms with Gasteiger partial charge in [0.05, 0.1) is 17.2 Å². The fourth-order valence-electron chi connectivity index (χ4n) is 2.77. The van der Waals surface area contributed by atoms with E-state index in [-0.39, 0.29) is 24.8 Å². The van der Waals surface area contributed by atoms with Crippen molar-refractivity contribution in [2.24, 2.45) is 5.41 Å². The van der Waals surface area contributed by atoms with Gasteiger partial charge in [0.15, 0.2) is 5.76 Å². The first-order valence-corrected chi connectivity index (χ1v) is 8.48. The zero-order valence-corrected chi connectivity index (χ0v) is 15.4. The van der Waals surface area contributed by atoms with Crippen molar-refractivity contribution in [2.75, 3.05) is 23.4 Å². The number of nitro groups is 1. The van der Waals surface area contributed by atoms with E-state index in [1.165, 1.54) is 6.07 Å². The van der Waals surface area contributed by atoms with Crippen LogP contribution in [0, 0.1) is 15.5 Å². The molecule has 2 amide bonds. The number of fused-ring (bicyclic) bond motifs is 1. The van der Waals surface area contributed by atoms with Crippen LogP contribution in [0.25, 0.3) is 0 Å². The van der Waals surface area contributed by atoms with Crippen molar-refractivity contribution >= 4 is 29.1 Å². The van der Waals surface area contributed by atoms with E-state index in [0.717, 1.165) is 6.07 Å². The van der Waals surface area contributed by atoms with Gasteiger partial charge in [0.1, 0.15) is 17.3 Å². The third-order valence-electron chi connectivity index (χ3n) is 4.23. The van der Waals surface area contributed by atoms with Gasteiger partial charge in [-0.25, -0.2) is 0 Å². The van der Waals surface area contributed by atoms with E-state index in [4.69, 9.17) is 9.15 Å². The Labute approximate surface area is 160 Å². The zero-order chi connectivity index (χ0) is 20.5. The Morgan fingerprint density at radius 1 is 1.39 bits per heavy atom. The zero-order valence-electron chi connectivity index (χ0n) is 15.4. The fraction of sp³-hybridized carbons (Fsp3) is 0.263. The first-order chi connectivity index (χ1) is 13.2. The van der Waals surface area contributed by atoms with Crippen molar-refractivity contribution in [2.45, 2.75) is 13.8 Å². The lowest BCUT2D eigenvalue weighted by Gasteiger charge is -2.27. The number of amides is 2. The summed E-state index contributed by atoms with van der Waals surface area (Å²) in [6.45, 7) is 7.78. The van der Waals surface area contributed by atoms with Crippen molar-refractivity contribution in [3.05, 3.63) is 58.9 Å². The second-order valence-electron chi connectivity index (χ2n) is 6.91. The van der Waals surface area contributed by atoms with Gasteiger partial charge in [-0.05, 0) is 38.1 Å². The van der Waals surface area contributed by atoms with Crippen LogP contribution in [0.5, 0.6) is 5.75 Å². The molecule has 1 aromatic heterocycles. The minimum Gasteiger partial charge on any atom is -0.490 e. The fourth-order valence-corrected chi connectivity index (χ4v) is 2.77. The maximum Gasteiger partial charge on any atom is 0.433 e. The summed E-state index contributed by atoms with van der Waals surface area (Å²) in [5.74, 6) is -0.989. The van der Waals surface area contributed by atoms with Crippen LogP contribution in [0.4, 0.5) is 17.3 Å². The number of furan rings is 1. The molecule has 2 aromatic rings. The number of nitrogens with zero attached hydrogens (tertiary/aromatic N) is 2. The molecule has 0 unspecified atom stereocenters. The third-order valence-corrected chi connectivity index (χ3v) is 4.23. The second-order valence-corrected chi connectivity index (χ2v) is 6.91. The van der Waals surface area contributed by atoms with Crippen LogP contribution in [0.3, 0.4) is 0 Å². The van der Waals surface area contributed by atoms with Gasteiger partial charge in [0, 0.05) is 12.2 Å². The summed E-state index contributed by atoms with van der Waals surface area (Å²) in [4.78, 5) is 36.7. The molecule has 1 aromatic carbocycles. The minimum absolute atomic E-state index is 0.128. The summed E-state index contributed by atoms with van der Waals surface area (Å²) < 4.78 is 10.7. The molecule has 3 rings (SSSR count). The molecule has 146 valence electrons. The van der Waals surface area contributed by atoms with E-state index < -0.39 is 22.1 Å². The minimum atomic E-state index is -0.725. The molecule has 0 aliphatic carbocycles. The molecule has 0 fully saturated rings. The largest absolute Gasteiger partial charge is 0.490 e. The van der Waals surface area contributed by atoms with Crippen LogP contribution >= 0.6 is 0 Å². The Hall–Kier alpha value is -3.62. The summed E-state index contributed by atoms with van der Waals surface area (Å²) in [5.41, 5.74) is 0.158. The maximum atomic E-state index is 12.9. The number of hydrogen-bond acceptors (Lipinski definition) is 6. The Bertz CT molecular complexity index is 962. The van der Waals surface area contributed by atoms with E-state index in [1.54, 1.807) is 43.0 Å². The summed E-state index contributed by atoms with van der Waals surface area (Å²) in [6, 6.07) is 7.19. The van der Waals surface area contributed by atoms with Crippen LogP contribution in [0.2, 0.25) is 0 Å². The molecule has 9 nitrogen and oxygen atoms in total. The van der Waals surface area contributed by atoms with Crippen LogP contribution in [-0.2, 0) is 4.79 Å². The number of nitrogens with one attached hydrogen (secondary N) is 1. The molecule has 0 bridgehead atoms. The lowest BCUT2D eigenvalue weighted by Crippen LogP contribution is -2.42. The van der Waals surface area contributed by atoms with Crippen LogP contribution < -0.4 is 15.0 Å². The number of anilines is 2. The summed E-state index contributed by atoms with van der Waals surface area (Å²) >= 11 is 0. The maximum absolute atomic E-state index is 12.9. The Kier molecular flexibility index (Phi) is 4.91. The van der Waals surface area contributed by atoms with Gasteiger partial charge in [-0.2, -0.15) is 0 Å². The monoisotopic (exact) mass is 385 g/mol. The summed E-state index contributed by atoms with van der Waals surface area (Å²) in [7, 11) is 0. The number of benzene rings is 1. The molecule has 0 spiro atoms. The Morgan fingerprint density at radius 3 is 2.79 bits per heavy atom. The van der Waals surface area contributed by atoms with Gasteiger partial charge in [0.25, 0.3) is 5.91 Å². The Balaban J connectivity index is 1.90. The quantitative estimate of drug-likeness (QED) is 0.479. The van der Waals surface area contributed by atoms with Crippen LogP contribution in [0.1, 0.15) is 24.4 Å². The van der Waals surface area contributed by atoms with Gasteiger partial charge in [0.2, 0.25) is 5.91 Å². The van der Waals surface area contributed by atoms with E-state index in [2.05, 4.69) is 11.9 Å². The van der Waals surface area contributed by atoms with Crippen molar-refractivity contribution < 1.29 is 23.7 Å². The molecule has 9 heteroatoms. The molecule has 1 aliphatic heterocycles. The summed E-state index contributed by atoms with van der Waals surface area (Å²) in [6.07, 6.45) is 1.61. The van der Waals surface area contributed by atoms with Crippen molar-refractivity contribution in [3.63, 3.8) is 0 Å². The van der Waals surface area contributed by atoms with Crippen molar-refractivity contribution in [1.82, 2.24) is 0 Å². The highest BCUT2D eigenvalue weighted by molar-refractivity contribution is 6.04. The number of carbonyl (C=O) groups excluding carboxylic acids is 2. The van der Waals surface area contributed by atoms with Gasteiger partial charge in [-0.15, -0.1) is 6.58 Å². The van der Waals surface area contributed by atoms with Gasteiger partial charge < -0.3 is 19.4 Å². The number of ether oxygens (including phenoxy) is 1. The number of carbonyl (C=O) groups is 2. The predicted molar refractivity (Wildman–Crippen MR) is 102 cm³/mol. The molecule has 2 heterocycles. The molecular weight excluding hydrogens is 366 g/mol. The molecule has 1 N–H and O–H groups in total. The third kappa shape index (κ3) is 3.59. The van der Waals surface area contributed by atoms with Gasteiger partial charge >= 0.3 is 5.88 Å². The molecule has 0 saturated carbocycles. The van der Waals surface area contributed by atoms with E-state index >= 15 is 0 Å². The predicted octanol–water partition coefficient (Wildman–Crippen LogP) is 3.38. The van der Waals surface area contributed by atoms with Crippen LogP contribution in [0.15, 0.2) is 47.4 Å². The lowest BCUT2D eigenvalue weighted by atomic mass is 9.93. The highest BCUT2D eigenvalue weighted by Gasteiger charge is 2.37. The lowest BCUT2D eigenvalue weighted by molar-refractivity contribution is -0.402. The summed E-state index contributed by atoms with van der Waals surface area (Å²) in [5, 5.41) is 13.3. The van der Waals surface area contributed by atoms with E-state index in [9.17, 15) is 19.7 Å². The molecule has 0 atom stereocenters. The SMILES string of the molecule is C=CCN1C(=O)C(C)(C)COc2ccc(NC(=O)c3ccc([N+](=O)[O-])o3)cc21. The molecular formula is C19H19N3O6. The second kappa shape index (κ2) is 7.18. The smallest absolute Gasteiger partial charge is 0.433 e. The normalized spacial score (nSPS) is 15.2. The molecule has 0 radical (unpaired) electrons. The molecule has 1 aliphatic rings.